The SMILES string of the molecule is Cc1c(NCc2cnn(C(C)C)c2C)cnn1CCF.Cl. The van der Waals surface area contributed by atoms with Gasteiger partial charge in [-0.15, -0.1) is 12.4 Å². The quantitative estimate of drug-likeness (QED) is 0.890. The Hall–Kier alpha value is -1.56. The molecule has 0 atom stereocenters. The van der Waals surface area contributed by atoms with Crippen LogP contribution in [0.2, 0.25) is 0 Å². The van der Waals surface area contributed by atoms with Crippen molar-refractivity contribution in [3.8, 4) is 0 Å². The standard InChI is InChI=1S/C14H22FN5.ClH/c1-10(2)20-11(3)13(8-18-20)7-16-14-9-17-19(6-5-15)12(14)4;/h8-10,16H,5-7H2,1-4H3;1H. The van der Waals surface area contributed by atoms with E-state index in [0.717, 1.165) is 16.9 Å². The molecule has 0 aliphatic heterocycles. The summed E-state index contributed by atoms with van der Waals surface area (Å²) in [6, 6.07) is 0.359. The van der Waals surface area contributed by atoms with E-state index in [0.29, 0.717) is 19.1 Å². The third kappa shape index (κ3) is 3.75. The van der Waals surface area contributed by atoms with Crippen molar-refractivity contribution in [2.75, 3.05) is 12.0 Å². The zero-order valence-electron chi connectivity index (χ0n) is 12.9. The molecule has 0 aliphatic rings. The Kier molecular flexibility index (Phi) is 6.20. The fraction of sp³-hybridized carbons (Fsp3) is 0.571. The van der Waals surface area contributed by atoms with Crippen molar-refractivity contribution in [3.05, 3.63) is 29.3 Å². The second-order valence-electron chi connectivity index (χ2n) is 5.20. The fourth-order valence-electron chi connectivity index (χ4n) is 2.27. The molecule has 0 spiro atoms. The third-order valence-electron chi connectivity index (χ3n) is 3.50. The van der Waals surface area contributed by atoms with Crippen molar-refractivity contribution >= 4 is 18.1 Å². The highest BCUT2D eigenvalue weighted by Crippen LogP contribution is 2.17. The largest absolute Gasteiger partial charge is 0.378 e. The van der Waals surface area contributed by atoms with E-state index in [2.05, 4.69) is 36.3 Å². The first-order valence-corrected chi connectivity index (χ1v) is 6.89. The van der Waals surface area contributed by atoms with E-state index in [9.17, 15) is 4.39 Å². The first-order valence-electron chi connectivity index (χ1n) is 6.89. The topological polar surface area (TPSA) is 47.7 Å². The van der Waals surface area contributed by atoms with Gasteiger partial charge < -0.3 is 5.32 Å². The molecule has 0 aromatic carbocycles. The minimum absolute atomic E-state index is 0. The summed E-state index contributed by atoms with van der Waals surface area (Å²) in [5.41, 5.74) is 4.23. The predicted octanol–water partition coefficient (Wildman–Crippen LogP) is 3.28. The van der Waals surface area contributed by atoms with Gasteiger partial charge in [0.25, 0.3) is 0 Å². The van der Waals surface area contributed by atoms with Gasteiger partial charge >= 0.3 is 0 Å². The first-order chi connectivity index (χ1) is 9.54. The van der Waals surface area contributed by atoms with Crippen molar-refractivity contribution in [1.29, 1.82) is 0 Å². The van der Waals surface area contributed by atoms with Gasteiger partial charge in [0.1, 0.15) is 6.67 Å². The molecule has 21 heavy (non-hydrogen) atoms. The summed E-state index contributed by atoms with van der Waals surface area (Å²) in [6.45, 7) is 8.84. The molecule has 0 saturated carbocycles. The lowest BCUT2D eigenvalue weighted by molar-refractivity contribution is 0.423. The van der Waals surface area contributed by atoms with Crippen molar-refractivity contribution in [1.82, 2.24) is 19.6 Å². The molecule has 5 nitrogen and oxygen atoms in total. The van der Waals surface area contributed by atoms with E-state index in [1.165, 1.54) is 5.69 Å². The summed E-state index contributed by atoms with van der Waals surface area (Å²) in [4.78, 5) is 0. The van der Waals surface area contributed by atoms with Crippen LogP contribution in [0.3, 0.4) is 0 Å². The van der Waals surface area contributed by atoms with Crippen LogP contribution in [0.15, 0.2) is 12.4 Å². The molecule has 2 rings (SSSR count). The minimum atomic E-state index is -0.401. The van der Waals surface area contributed by atoms with Gasteiger partial charge in [-0.3, -0.25) is 9.36 Å². The minimum Gasteiger partial charge on any atom is -0.378 e. The lowest BCUT2D eigenvalue weighted by atomic mass is 10.2. The van der Waals surface area contributed by atoms with Gasteiger partial charge in [0.15, 0.2) is 0 Å². The van der Waals surface area contributed by atoms with Gasteiger partial charge in [0.2, 0.25) is 0 Å². The number of aryl methyl sites for hydroxylation is 1. The van der Waals surface area contributed by atoms with Crippen LogP contribution in [0.4, 0.5) is 10.1 Å². The second-order valence-corrected chi connectivity index (χ2v) is 5.20. The number of rotatable bonds is 6. The number of nitrogens with zero attached hydrogens (tertiary/aromatic N) is 4. The number of halogens is 2. The molecule has 2 aromatic rings. The van der Waals surface area contributed by atoms with E-state index in [1.807, 2.05) is 17.8 Å². The normalized spacial score (nSPS) is 10.8. The Morgan fingerprint density at radius 1 is 1.19 bits per heavy atom. The Labute approximate surface area is 130 Å². The van der Waals surface area contributed by atoms with Crippen LogP contribution in [-0.2, 0) is 13.1 Å². The number of aromatic nitrogens is 4. The number of hydrogen-bond donors (Lipinski definition) is 1. The van der Waals surface area contributed by atoms with Crippen LogP contribution in [-0.4, -0.2) is 26.2 Å². The summed E-state index contributed by atoms with van der Waals surface area (Å²) in [5.74, 6) is 0. The Balaban J connectivity index is 0.00000220. The van der Waals surface area contributed by atoms with E-state index >= 15 is 0 Å². The van der Waals surface area contributed by atoms with Crippen LogP contribution < -0.4 is 5.32 Å². The molecule has 0 aliphatic carbocycles. The Morgan fingerprint density at radius 2 is 1.90 bits per heavy atom. The van der Waals surface area contributed by atoms with E-state index < -0.39 is 6.67 Å². The van der Waals surface area contributed by atoms with Crippen molar-refractivity contribution in [2.24, 2.45) is 0 Å². The maximum Gasteiger partial charge on any atom is 0.109 e. The molecule has 0 saturated heterocycles. The smallest absolute Gasteiger partial charge is 0.109 e. The number of anilines is 1. The van der Waals surface area contributed by atoms with Gasteiger partial charge in [0, 0.05) is 23.8 Å². The zero-order chi connectivity index (χ0) is 14.7. The van der Waals surface area contributed by atoms with Crippen molar-refractivity contribution in [3.63, 3.8) is 0 Å². The van der Waals surface area contributed by atoms with Gasteiger partial charge in [-0.2, -0.15) is 10.2 Å². The molecular weight excluding hydrogens is 293 g/mol. The summed E-state index contributed by atoms with van der Waals surface area (Å²) in [5, 5.41) is 11.9. The Morgan fingerprint density at radius 3 is 2.48 bits per heavy atom. The van der Waals surface area contributed by atoms with Crippen LogP contribution in [0.5, 0.6) is 0 Å². The number of hydrogen-bond acceptors (Lipinski definition) is 3. The molecule has 7 heteroatoms. The average Bonchev–Trinajstić information content (AvgIpc) is 2.93. The summed E-state index contributed by atoms with van der Waals surface area (Å²) < 4.78 is 16.0. The molecule has 118 valence electrons. The average molecular weight is 316 g/mol. The third-order valence-corrected chi connectivity index (χ3v) is 3.50. The van der Waals surface area contributed by atoms with Crippen molar-refractivity contribution in [2.45, 2.75) is 46.8 Å². The zero-order valence-corrected chi connectivity index (χ0v) is 13.7. The Bertz CT molecular complexity index is 576. The number of alkyl halides is 1. The molecule has 0 fully saturated rings. The van der Waals surface area contributed by atoms with Gasteiger partial charge in [-0.05, 0) is 27.7 Å². The highest BCUT2D eigenvalue weighted by atomic mass is 35.5. The fourth-order valence-corrected chi connectivity index (χ4v) is 2.27. The van der Waals surface area contributed by atoms with E-state index in [4.69, 9.17) is 0 Å². The molecular formula is C14H23ClFN5. The highest BCUT2D eigenvalue weighted by molar-refractivity contribution is 5.85. The molecule has 0 bridgehead atoms. The molecule has 0 radical (unpaired) electrons. The molecule has 0 amide bonds. The maximum absolute atomic E-state index is 12.4. The van der Waals surface area contributed by atoms with Gasteiger partial charge in [0.05, 0.1) is 30.3 Å². The van der Waals surface area contributed by atoms with Gasteiger partial charge in [-0.1, -0.05) is 0 Å². The summed E-state index contributed by atoms with van der Waals surface area (Å²) in [7, 11) is 0. The van der Waals surface area contributed by atoms with Crippen LogP contribution in [0.25, 0.3) is 0 Å². The highest BCUT2D eigenvalue weighted by Gasteiger charge is 2.10. The second kappa shape index (κ2) is 7.45. The summed E-state index contributed by atoms with van der Waals surface area (Å²) in [6.07, 6.45) is 3.64. The summed E-state index contributed by atoms with van der Waals surface area (Å²) >= 11 is 0. The maximum atomic E-state index is 12.4. The molecule has 0 unspecified atom stereocenters. The van der Waals surface area contributed by atoms with Gasteiger partial charge in [-0.25, -0.2) is 4.39 Å². The van der Waals surface area contributed by atoms with E-state index in [-0.39, 0.29) is 12.4 Å². The lowest BCUT2D eigenvalue weighted by Crippen LogP contribution is -2.07. The monoisotopic (exact) mass is 315 g/mol. The number of nitrogens with one attached hydrogen (secondary N) is 1. The van der Waals surface area contributed by atoms with Crippen molar-refractivity contribution < 1.29 is 4.39 Å². The predicted molar refractivity (Wildman–Crippen MR) is 84.9 cm³/mol. The van der Waals surface area contributed by atoms with Crippen LogP contribution in [0, 0.1) is 13.8 Å². The van der Waals surface area contributed by atoms with Crippen LogP contribution >= 0.6 is 12.4 Å². The molecule has 1 N–H and O–H groups in total. The lowest BCUT2D eigenvalue weighted by Gasteiger charge is -2.10. The van der Waals surface area contributed by atoms with Crippen LogP contribution in [0.1, 0.15) is 36.8 Å². The molecule has 2 aromatic heterocycles. The molecule has 2 heterocycles. The first kappa shape index (κ1) is 17.5. The van der Waals surface area contributed by atoms with E-state index in [1.54, 1.807) is 10.9 Å².